The molecule has 7 atom stereocenters. The van der Waals surface area contributed by atoms with Crippen LogP contribution < -0.4 is 43.4 Å². The normalized spacial score (nSPS) is 14.3. The van der Waals surface area contributed by atoms with Crippen molar-refractivity contribution in [1.29, 1.82) is 0 Å². The average molecular weight is 837 g/mol. The number of carboxylic acids is 2. The topological polar surface area (TPSA) is 367 Å². The summed E-state index contributed by atoms with van der Waals surface area (Å²) in [5.41, 5.74) is 12.4. The Hall–Kier alpha value is -7.36. The monoisotopic (exact) mass is 836 g/mol. The molecule has 0 spiro atoms. The first-order chi connectivity index (χ1) is 28.3. The van der Waals surface area contributed by atoms with Gasteiger partial charge in [0.15, 0.2) is 0 Å². The molecule has 0 aliphatic carbocycles. The van der Waals surface area contributed by atoms with Crippen molar-refractivity contribution in [2.45, 2.75) is 88.2 Å². The quantitative estimate of drug-likeness (QED) is 0.0449. The number of hydrogen-bond acceptors (Lipinski definition) is 12. The molecule has 7 amide bonds. The average Bonchev–Trinajstić information content (AvgIpc) is 3.70. The van der Waals surface area contributed by atoms with Crippen LogP contribution in [0.3, 0.4) is 0 Å². The number of aliphatic carboxylic acids is 2. The van der Waals surface area contributed by atoms with Crippen LogP contribution in [0.15, 0.2) is 67.1 Å². The third kappa shape index (κ3) is 15.5. The van der Waals surface area contributed by atoms with Gasteiger partial charge in [0.2, 0.25) is 41.4 Å². The van der Waals surface area contributed by atoms with Crippen molar-refractivity contribution in [3.63, 3.8) is 0 Å². The summed E-state index contributed by atoms with van der Waals surface area (Å²) in [6, 6.07) is 3.36. The van der Waals surface area contributed by atoms with E-state index in [0.717, 1.165) is 0 Å². The Balaban J connectivity index is 1.78. The summed E-state index contributed by atoms with van der Waals surface area (Å²) in [5, 5.41) is 43.0. The molecule has 1 aromatic heterocycles. The van der Waals surface area contributed by atoms with E-state index in [0.29, 0.717) is 16.8 Å². The Labute approximate surface area is 342 Å². The van der Waals surface area contributed by atoms with Crippen LogP contribution in [0.2, 0.25) is 0 Å². The van der Waals surface area contributed by atoms with E-state index in [4.69, 9.17) is 11.5 Å². The van der Waals surface area contributed by atoms with Crippen LogP contribution in [-0.4, -0.2) is 121 Å². The largest absolute Gasteiger partial charge is 0.508 e. The van der Waals surface area contributed by atoms with Gasteiger partial charge in [-0.25, -0.2) is 9.78 Å². The first kappa shape index (κ1) is 47.0. The summed E-state index contributed by atoms with van der Waals surface area (Å²) in [5.74, 6) is -9.92. The number of primary amides is 1. The minimum atomic E-state index is -1.82. The highest BCUT2D eigenvalue weighted by Crippen LogP contribution is 2.12. The van der Waals surface area contributed by atoms with E-state index in [-0.39, 0.29) is 25.0 Å². The number of phenolic OH excluding ortho intramolecular Hbond substituents is 1. The Morgan fingerprint density at radius 2 is 1.10 bits per heavy atom. The summed E-state index contributed by atoms with van der Waals surface area (Å²) in [4.78, 5) is 122. The SMILES string of the molecule is C[C@H](N)C(=O)N[C@@H](Cc1cnc[nH]1)C(=O)N[C@@H](CC(N)=O)C(=O)N[C@@H](C)C(=O)N[C@@H](Cc1ccccc1)C(=O)N[C@@H](CC(=O)O)C(=O)N[C@@H](Cc1ccc(O)cc1)C(=O)O. The van der Waals surface area contributed by atoms with E-state index in [2.05, 4.69) is 41.9 Å². The number of amides is 7. The van der Waals surface area contributed by atoms with Gasteiger partial charge in [-0.1, -0.05) is 42.5 Å². The molecule has 0 saturated heterocycles. The number of H-pyrrole nitrogens is 1. The van der Waals surface area contributed by atoms with Crippen LogP contribution in [0.4, 0.5) is 0 Å². The fourth-order valence-electron chi connectivity index (χ4n) is 5.54. The first-order valence-electron chi connectivity index (χ1n) is 18.4. The van der Waals surface area contributed by atoms with Gasteiger partial charge >= 0.3 is 11.9 Å². The number of benzene rings is 2. The van der Waals surface area contributed by atoms with Gasteiger partial charge in [0.05, 0.1) is 25.2 Å². The number of rotatable bonds is 23. The van der Waals surface area contributed by atoms with Crippen molar-refractivity contribution >= 4 is 53.3 Å². The number of phenols is 1. The van der Waals surface area contributed by atoms with Crippen LogP contribution >= 0.6 is 0 Å². The highest BCUT2D eigenvalue weighted by molar-refractivity contribution is 5.98. The zero-order chi connectivity index (χ0) is 44.5. The zero-order valence-corrected chi connectivity index (χ0v) is 32.5. The summed E-state index contributed by atoms with van der Waals surface area (Å²) < 4.78 is 0. The standard InChI is InChI=1S/C38H48N10O12/c1-19(39)32(53)44-26(14-23-17-41-18-42-23)36(57)46-27(15-30(40)50)34(55)43-20(2)33(54)45-25(12-21-6-4-3-5-7-21)35(56)47-28(16-31(51)52)37(58)48-29(38(59)60)13-22-8-10-24(49)11-9-22/h3-11,17-20,25-29,49H,12-16,39H2,1-2H3,(H2,40,50)(H,41,42)(H,43,55)(H,44,53)(H,45,54)(H,46,57)(H,47,56)(H,48,58)(H,51,52)(H,59,60)/t19-,20-,25-,26-,27-,28-,29-/m0/s1. The van der Waals surface area contributed by atoms with E-state index in [1.54, 1.807) is 30.3 Å². The molecular weight excluding hydrogens is 788 g/mol. The maximum absolute atomic E-state index is 13.7. The van der Waals surface area contributed by atoms with Crippen LogP contribution in [0.5, 0.6) is 5.75 Å². The summed E-state index contributed by atoms with van der Waals surface area (Å²) in [7, 11) is 0. The molecule has 0 fully saturated rings. The molecule has 0 bridgehead atoms. The molecule has 0 aliphatic heterocycles. The number of nitrogens with zero attached hydrogens (tertiary/aromatic N) is 1. The number of hydrogen-bond donors (Lipinski definition) is 12. The van der Waals surface area contributed by atoms with E-state index in [1.165, 1.54) is 50.6 Å². The molecule has 22 nitrogen and oxygen atoms in total. The predicted octanol–water partition coefficient (Wildman–Crippen LogP) is -3.15. The summed E-state index contributed by atoms with van der Waals surface area (Å²) in [6.45, 7) is 2.60. The fourth-order valence-corrected chi connectivity index (χ4v) is 5.54. The molecular formula is C38H48N10O12. The Bertz CT molecular complexity index is 1990. The Morgan fingerprint density at radius 1 is 0.617 bits per heavy atom. The van der Waals surface area contributed by atoms with Crippen LogP contribution in [0, 0.1) is 0 Å². The smallest absolute Gasteiger partial charge is 0.326 e. The highest BCUT2D eigenvalue weighted by Gasteiger charge is 2.34. The first-order valence-corrected chi connectivity index (χ1v) is 18.4. The fraction of sp³-hybridized carbons (Fsp3) is 0.368. The highest BCUT2D eigenvalue weighted by atomic mass is 16.4. The number of aromatic amines is 1. The number of carboxylic acid groups (broad SMARTS) is 2. The van der Waals surface area contributed by atoms with Gasteiger partial charge in [-0.3, -0.25) is 38.4 Å². The minimum absolute atomic E-state index is 0.0822. The second-order valence-electron chi connectivity index (χ2n) is 13.8. The molecule has 3 rings (SSSR count). The lowest BCUT2D eigenvalue weighted by atomic mass is 10.0. The zero-order valence-electron chi connectivity index (χ0n) is 32.5. The number of nitrogens with two attached hydrogens (primary N) is 2. The molecule has 0 unspecified atom stereocenters. The van der Waals surface area contributed by atoms with E-state index >= 15 is 0 Å². The molecule has 60 heavy (non-hydrogen) atoms. The third-order valence-corrected chi connectivity index (χ3v) is 8.73. The molecule has 2 aromatic carbocycles. The van der Waals surface area contributed by atoms with Crippen molar-refractivity contribution in [3.8, 4) is 5.75 Å². The lowest BCUT2D eigenvalue weighted by molar-refractivity contribution is -0.143. The lowest BCUT2D eigenvalue weighted by Gasteiger charge is -2.26. The summed E-state index contributed by atoms with van der Waals surface area (Å²) in [6.07, 6.45) is 0.448. The second-order valence-corrected chi connectivity index (χ2v) is 13.8. The molecule has 0 saturated carbocycles. The van der Waals surface area contributed by atoms with Gasteiger partial charge in [0.25, 0.3) is 0 Å². The van der Waals surface area contributed by atoms with Crippen LogP contribution in [0.25, 0.3) is 0 Å². The van der Waals surface area contributed by atoms with Crippen molar-refractivity contribution in [1.82, 2.24) is 41.9 Å². The second kappa shape index (κ2) is 22.5. The van der Waals surface area contributed by atoms with Gasteiger partial charge in [-0.05, 0) is 37.1 Å². The Kier molecular flexibility index (Phi) is 17.7. The number of carbonyl (C=O) groups excluding carboxylic acids is 7. The Morgan fingerprint density at radius 3 is 1.63 bits per heavy atom. The summed E-state index contributed by atoms with van der Waals surface area (Å²) >= 11 is 0. The molecule has 14 N–H and O–H groups in total. The van der Waals surface area contributed by atoms with Crippen LogP contribution in [0.1, 0.15) is 43.5 Å². The van der Waals surface area contributed by atoms with Gasteiger partial charge in [-0.15, -0.1) is 0 Å². The van der Waals surface area contributed by atoms with E-state index in [1.807, 2.05) is 0 Å². The van der Waals surface area contributed by atoms with E-state index in [9.17, 15) is 58.5 Å². The predicted molar refractivity (Wildman–Crippen MR) is 209 cm³/mol. The van der Waals surface area contributed by atoms with Gasteiger partial charge < -0.3 is 63.7 Å². The maximum Gasteiger partial charge on any atom is 0.326 e. The molecule has 0 radical (unpaired) electrons. The van der Waals surface area contributed by atoms with Crippen molar-refractivity contribution < 1.29 is 58.5 Å². The maximum atomic E-state index is 13.7. The number of aromatic hydroxyl groups is 1. The van der Waals surface area contributed by atoms with E-state index < -0.39 is 108 Å². The number of aromatic nitrogens is 2. The number of imidazole rings is 1. The van der Waals surface area contributed by atoms with Crippen molar-refractivity contribution in [2.75, 3.05) is 0 Å². The number of nitrogens with one attached hydrogen (secondary N) is 7. The van der Waals surface area contributed by atoms with Gasteiger partial charge in [0.1, 0.15) is 42.0 Å². The van der Waals surface area contributed by atoms with Crippen molar-refractivity contribution in [3.05, 3.63) is 83.9 Å². The number of carbonyl (C=O) groups is 9. The minimum Gasteiger partial charge on any atom is -0.508 e. The van der Waals surface area contributed by atoms with Crippen molar-refractivity contribution in [2.24, 2.45) is 11.5 Å². The molecule has 0 aliphatic rings. The molecule has 3 aromatic rings. The van der Waals surface area contributed by atoms with Crippen LogP contribution in [-0.2, 0) is 62.4 Å². The third-order valence-electron chi connectivity index (χ3n) is 8.73. The van der Waals surface area contributed by atoms with Gasteiger partial charge in [-0.2, -0.15) is 0 Å². The lowest BCUT2D eigenvalue weighted by Crippen LogP contribution is -2.60. The molecule has 322 valence electrons. The van der Waals surface area contributed by atoms with Gasteiger partial charge in [0, 0.05) is 31.2 Å². The molecule has 22 heteroatoms. The molecule has 1 heterocycles.